The molecule has 2 rings (SSSR count). The van der Waals surface area contributed by atoms with Crippen molar-refractivity contribution in [3.05, 3.63) is 10.7 Å². The average molecular weight is 329 g/mol. The number of methoxy groups -OCH3 is 1. The average Bonchev–Trinajstić information content (AvgIpc) is 2.90. The molecule has 0 unspecified atom stereocenters. The molecule has 1 fully saturated rings. The second kappa shape index (κ2) is 6.18. The van der Waals surface area contributed by atoms with Crippen LogP contribution in [0, 0.1) is 0 Å². The standard InChI is InChI=1S/C12H17BrN4O2/c1-19-11-9(13)6-15-12(16-11)17(7-10(14)18)8-4-2-3-5-8/h6,8H,2-5,7H2,1H3,(H2,14,18). The second-order valence-corrected chi connectivity index (χ2v) is 5.41. The molecule has 0 aliphatic heterocycles. The number of primary amides is 1. The maximum Gasteiger partial charge on any atom is 0.237 e. The van der Waals surface area contributed by atoms with Crippen LogP contribution in [-0.2, 0) is 4.79 Å². The molecular formula is C12H17BrN4O2. The van der Waals surface area contributed by atoms with Crippen LogP contribution in [0.4, 0.5) is 5.95 Å². The van der Waals surface area contributed by atoms with Crippen LogP contribution < -0.4 is 15.4 Å². The zero-order valence-electron chi connectivity index (χ0n) is 10.8. The molecule has 1 aromatic heterocycles. The van der Waals surface area contributed by atoms with Crippen molar-refractivity contribution in [1.29, 1.82) is 0 Å². The van der Waals surface area contributed by atoms with Crippen molar-refractivity contribution in [3.8, 4) is 5.88 Å². The SMILES string of the molecule is COc1nc(N(CC(N)=O)C2CCCC2)ncc1Br. The minimum absolute atomic E-state index is 0.134. The van der Waals surface area contributed by atoms with E-state index in [1.54, 1.807) is 13.3 Å². The van der Waals surface area contributed by atoms with Gasteiger partial charge in [-0.2, -0.15) is 4.98 Å². The van der Waals surface area contributed by atoms with E-state index in [1.165, 1.54) is 0 Å². The molecule has 7 heteroatoms. The van der Waals surface area contributed by atoms with Crippen molar-refractivity contribution in [2.45, 2.75) is 31.7 Å². The summed E-state index contributed by atoms with van der Waals surface area (Å²) in [5.41, 5.74) is 5.32. The quantitative estimate of drug-likeness (QED) is 0.885. The van der Waals surface area contributed by atoms with E-state index in [9.17, 15) is 4.79 Å². The number of hydrogen-bond donors (Lipinski definition) is 1. The van der Waals surface area contributed by atoms with Crippen molar-refractivity contribution in [3.63, 3.8) is 0 Å². The second-order valence-electron chi connectivity index (χ2n) is 4.56. The summed E-state index contributed by atoms with van der Waals surface area (Å²) in [6.07, 6.45) is 6.02. The number of carbonyl (C=O) groups is 1. The third kappa shape index (κ3) is 3.34. The Labute approximate surface area is 120 Å². The first-order chi connectivity index (χ1) is 9.11. The number of carbonyl (C=O) groups excluding carboxylic acids is 1. The van der Waals surface area contributed by atoms with Gasteiger partial charge in [-0.1, -0.05) is 12.8 Å². The lowest BCUT2D eigenvalue weighted by atomic mass is 10.2. The summed E-state index contributed by atoms with van der Waals surface area (Å²) in [6, 6.07) is 0.276. The molecule has 0 saturated heterocycles. The molecule has 2 N–H and O–H groups in total. The summed E-state index contributed by atoms with van der Waals surface area (Å²) in [4.78, 5) is 21.7. The predicted octanol–water partition coefficient (Wildman–Crippen LogP) is 1.48. The highest BCUT2D eigenvalue weighted by molar-refractivity contribution is 9.10. The van der Waals surface area contributed by atoms with Gasteiger partial charge in [-0.25, -0.2) is 4.98 Å². The lowest BCUT2D eigenvalue weighted by molar-refractivity contribution is -0.116. The maximum atomic E-state index is 11.2. The molecule has 0 radical (unpaired) electrons. The Kier molecular flexibility index (Phi) is 4.57. The van der Waals surface area contributed by atoms with Gasteiger partial charge in [-0.05, 0) is 28.8 Å². The first-order valence-electron chi connectivity index (χ1n) is 6.23. The summed E-state index contributed by atoms with van der Waals surface area (Å²) in [5, 5.41) is 0. The number of hydrogen-bond acceptors (Lipinski definition) is 5. The molecular weight excluding hydrogens is 312 g/mol. The Hall–Kier alpha value is -1.37. The molecule has 1 aliphatic rings. The molecule has 1 aromatic rings. The van der Waals surface area contributed by atoms with Crippen LogP contribution in [-0.4, -0.2) is 35.6 Å². The van der Waals surface area contributed by atoms with Gasteiger partial charge in [0, 0.05) is 6.04 Å². The fraction of sp³-hybridized carbons (Fsp3) is 0.583. The van der Waals surface area contributed by atoms with Gasteiger partial charge >= 0.3 is 0 Å². The summed E-state index contributed by atoms with van der Waals surface area (Å²) in [7, 11) is 1.55. The van der Waals surface area contributed by atoms with Crippen LogP contribution in [0.15, 0.2) is 10.7 Å². The van der Waals surface area contributed by atoms with Crippen LogP contribution in [0.25, 0.3) is 0 Å². The molecule has 0 bridgehead atoms. The number of aromatic nitrogens is 2. The van der Waals surface area contributed by atoms with E-state index >= 15 is 0 Å². The zero-order chi connectivity index (χ0) is 13.8. The monoisotopic (exact) mass is 328 g/mol. The Morgan fingerprint density at radius 1 is 1.58 bits per heavy atom. The van der Waals surface area contributed by atoms with E-state index in [4.69, 9.17) is 10.5 Å². The van der Waals surface area contributed by atoms with Gasteiger partial charge < -0.3 is 15.4 Å². The molecule has 1 aliphatic carbocycles. The minimum Gasteiger partial charge on any atom is -0.480 e. The lowest BCUT2D eigenvalue weighted by Crippen LogP contribution is -2.41. The van der Waals surface area contributed by atoms with Crippen molar-refractivity contribution in [2.75, 3.05) is 18.6 Å². The van der Waals surface area contributed by atoms with E-state index in [1.807, 2.05) is 4.90 Å². The van der Waals surface area contributed by atoms with Crippen molar-refractivity contribution >= 4 is 27.8 Å². The molecule has 1 heterocycles. The molecule has 0 atom stereocenters. The van der Waals surface area contributed by atoms with Crippen molar-refractivity contribution < 1.29 is 9.53 Å². The number of anilines is 1. The van der Waals surface area contributed by atoms with Gasteiger partial charge in [-0.3, -0.25) is 4.79 Å². The number of amides is 1. The Morgan fingerprint density at radius 3 is 2.84 bits per heavy atom. The molecule has 104 valence electrons. The fourth-order valence-electron chi connectivity index (χ4n) is 2.37. The van der Waals surface area contributed by atoms with Crippen molar-refractivity contribution in [1.82, 2.24) is 9.97 Å². The van der Waals surface area contributed by atoms with Crippen LogP contribution in [0.1, 0.15) is 25.7 Å². The highest BCUT2D eigenvalue weighted by Crippen LogP contribution is 2.29. The number of nitrogens with two attached hydrogens (primary N) is 1. The van der Waals surface area contributed by atoms with Gasteiger partial charge in [0.1, 0.15) is 0 Å². The van der Waals surface area contributed by atoms with Gasteiger partial charge in [0.25, 0.3) is 0 Å². The van der Waals surface area contributed by atoms with E-state index in [-0.39, 0.29) is 18.5 Å². The maximum absolute atomic E-state index is 11.2. The summed E-state index contributed by atoms with van der Waals surface area (Å²) < 4.78 is 5.85. The van der Waals surface area contributed by atoms with Gasteiger partial charge in [-0.15, -0.1) is 0 Å². The van der Waals surface area contributed by atoms with E-state index in [0.717, 1.165) is 25.7 Å². The smallest absolute Gasteiger partial charge is 0.237 e. The van der Waals surface area contributed by atoms with Crippen molar-refractivity contribution in [2.24, 2.45) is 5.73 Å². The van der Waals surface area contributed by atoms with Gasteiger partial charge in [0.05, 0.1) is 24.3 Å². The third-order valence-corrected chi connectivity index (χ3v) is 3.79. The van der Waals surface area contributed by atoms with Gasteiger partial charge in [0.2, 0.25) is 17.7 Å². The lowest BCUT2D eigenvalue weighted by Gasteiger charge is -2.27. The highest BCUT2D eigenvalue weighted by atomic mass is 79.9. The number of halogens is 1. The van der Waals surface area contributed by atoms with E-state index < -0.39 is 0 Å². The first kappa shape index (κ1) is 14.0. The van der Waals surface area contributed by atoms with Crippen LogP contribution in [0.5, 0.6) is 5.88 Å². The highest BCUT2D eigenvalue weighted by Gasteiger charge is 2.26. The Balaban J connectivity index is 2.28. The van der Waals surface area contributed by atoms with E-state index in [0.29, 0.717) is 16.3 Å². The van der Waals surface area contributed by atoms with E-state index in [2.05, 4.69) is 25.9 Å². The zero-order valence-corrected chi connectivity index (χ0v) is 12.4. The summed E-state index contributed by atoms with van der Waals surface area (Å²) in [6.45, 7) is 0.134. The number of ether oxygens (including phenoxy) is 1. The molecule has 0 aromatic carbocycles. The molecule has 19 heavy (non-hydrogen) atoms. The predicted molar refractivity (Wildman–Crippen MR) is 75.1 cm³/mol. The number of rotatable bonds is 5. The molecule has 1 amide bonds. The van der Waals surface area contributed by atoms with Crippen LogP contribution in [0.3, 0.4) is 0 Å². The fourth-order valence-corrected chi connectivity index (χ4v) is 2.72. The molecule has 6 nitrogen and oxygen atoms in total. The normalized spacial score (nSPS) is 15.5. The topological polar surface area (TPSA) is 81.3 Å². The molecule has 1 saturated carbocycles. The van der Waals surface area contributed by atoms with Crippen LogP contribution in [0.2, 0.25) is 0 Å². The first-order valence-corrected chi connectivity index (χ1v) is 7.02. The third-order valence-electron chi connectivity index (χ3n) is 3.24. The molecule has 0 spiro atoms. The Bertz CT molecular complexity index is 463. The summed E-state index contributed by atoms with van der Waals surface area (Å²) >= 11 is 3.31. The Morgan fingerprint density at radius 2 is 2.26 bits per heavy atom. The number of nitrogens with zero attached hydrogens (tertiary/aromatic N) is 3. The van der Waals surface area contributed by atoms with Gasteiger partial charge in [0.15, 0.2) is 0 Å². The largest absolute Gasteiger partial charge is 0.480 e. The minimum atomic E-state index is -0.377. The summed E-state index contributed by atoms with van der Waals surface area (Å²) in [5.74, 6) is 0.570. The van der Waals surface area contributed by atoms with Crippen LogP contribution >= 0.6 is 15.9 Å².